The van der Waals surface area contributed by atoms with Crippen LogP contribution < -0.4 is 0 Å². The zero-order valence-electron chi connectivity index (χ0n) is 23.6. The number of nitrogens with zero attached hydrogens (tertiary/aromatic N) is 4. The minimum Gasteiger partial charge on any atom is -0.309 e. The first-order valence-electron chi connectivity index (χ1n) is 14.6. The Morgan fingerprint density at radius 1 is 0.409 bits per heavy atom. The smallest absolute Gasteiger partial charge is 0.166 e. The SMILES string of the molecule is c1ccc(-c2nc(-c3ccc4sc5ccccc5c4c3)nc(-c3ccccc3-n3c4ccccc4c4ccccc43)n2)cc1. The van der Waals surface area contributed by atoms with Crippen molar-refractivity contribution >= 4 is 53.3 Å². The first-order valence-corrected chi connectivity index (χ1v) is 15.4. The molecule has 0 N–H and O–H groups in total. The molecule has 44 heavy (non-hydrogen) atoms. The maximum absolute atomic E-state index is 5.17. The predicted molar refractivity (Wildman–Crippen MR) is 183 cm³/mol. The minimum absolute atomic E-state index is 0.640. The van der Waals surface area contributed by atoms with Gasteiger partial charge >= 0.3 is 0 Å². The van der Waals surface area contributed by atoms with Crippen LogP contribution in [0.25, 0.3) is 81.8 Å². The molecule has 0 atom stereocenters. The summed E-state index contributed by atoms with van der Waals surface area (Å²) in [6, 6.07) is 50.8. The Labute approximate surface area is 257 Å². The summed E-state index contributed by atoms with van der Waals surface area (Å²) in [4.78, 5) is 15.3. The minimum atomic E-state index is 0.640. The molecule has 9 rings (SSSR count). The summed E-state index contributed by atoms with van der Waals surface area (Å²) in [5.74, 6) is 1.95. The van der Waals surface area contributed by atoms with E-state index in [2.05, 4.69) is 132 Å². The van der Waals surface area contributed by atoms with Crippen molar-refractivity contribution in [3.63, 3.8) is 0 Å². The molecule has 6 aromatic carbocycles. The van der Waals surface area contributed by atoms with Gasteiger partial charge in [0.1, 0.15) is 0 Å². The summed E-state index contributed by atoms with van der Waals surface area (Å²) in [6.45, 7) is 0. The van der Waals surface area contributed by atoms with Crippen LogP contribution in [-0.2, 0) is 0 Å². The van der Waals surface area contributed by atoms with Gasteiger partial charge in [-0.05, 0) is 48.5 Å². The standard InChI is InChI=1S/C39H24N4S/c1-2-12-25(13-3-1)37-40-38(26-22-23-36-31(24-26)29-16-7-11-21-35(29)44-36)42-39(41-37)30-17-6-10-20-34(30)43-32-18-8-4-14-27(32)28-15-5-9-19-33(28)43/h1-24H. The molecule has 3 heterocycles. The second kappa shape index (κ2) is 9.97. The van der Waals surface area contributed by atoms with Crippen LogP contribution in [0.3, 0.4) is 0 Å². The van der Waals surface area contributed by atoms with Crippen LogP contribution in [-0.4, -0.2) is 19.5 Å². The molecule has 0 bridgehead atoms. The van der Waals surface area contributed by atoms with Crippen LogP contribution in [0.15, 0.2) is 146 Å². The highest BCUT2D eigenvalue weighted by Crippen LogP contribution is 2.38. The van der Waals surface area contributed by atoms with Crippen molar-refractivity contribution in [2.24, 2.45) is 0 Å². The lowest BCUT2D eigenvalue weighted by Crippen LogP contribution is -2.03. The van der Waals surface area contributed by atoms with Crippen LogP contribution in [0.1, 0.15) is 0 Å². The molecule has 9 aromatic rings. The molecule has 0 aliphatic rings. The van der Waals surface area contributed by atoms with E-state index in [1.807, 2.05) is 29.5 Å². The molecule has 206 valence electrons. The number of aromatic nitrogens is 4. The van der Waals surface area contributed by atoms with Crippen LogP contribution in [0.4, 0.5) is 0 Å². The number of benzene rings is 6. The van der Waals surface area contributed by atoms with E-state index in [-0.39, 0.29) is 0 Å². The highest BCUT2D eigenvalue weighted by atomic mass is 32.1. The fourth-order valence-corrected chi connectivity index (χ4v) is 7.33. The zero-order chi connectivity index (χ0) is 29.0. The molecule has 0 unspecified atom stereocenters. The number of para-hydroxylation sites is 3. The van der Waals surface area contributed by atoms with E-state index in [0.29, 0.717) is 17.5 Å². The normalized spacial score (nSPS) is 11.6. The first kappa shape index (κ1) is 24.9. The van der Waals surface area contributed by atoms with Crippen molar-refractivity contribution in [1.29, 1.82) is 0 Å². The van der Waals surface area contributed by atoms with Crippen LogP contribution in [0, 0.1) is 0 Å². The zero-order valence-corrected chi connectivity index (χ0v) is 24.4. The van der Waals surface area contributed by atoms with Gasteiger partial charge < -0.3 is 4.57 Å². The Bertz CT molecular complexity index is 2460. The highest BCUT2D eigenvalue weighted by molar-refractivity contribution is 7.25. The van der Waals surface area contributed by atoms with Crippen molar-refractivity contribution < 1.29 is 0 Å². The summed E-state index contributed by atoms with van der Waals surface area (Å²) >= 11 is 1.81. The molecule has 5 heteroatoms. The summed E-state index contributed by atoms with van der Waals surface area (Å²) in [5, 5.41) is 4.91. The average Bonchev–Trinajstić information content (AvgIpc) is 3.64. The van der Waals surface area contributed by atoms with Gasteiger partial charge in [-0.15, -0.1) is 11.3 Å². The second-order valence-corrected chi connectivity index (χ2v) is 12.0. The highest BCUT2D eigenvalue weighted by Gasteiger charge is 2.19. The topological polar surface area (TPSA) is 43.6 Å². The molecule has 0 aliphatic heterocycles. The Morgan fingerprint density at radius 2 is 0.977 bits per heavy atom. The van der Waals surface area contributed by atoms with Crippen molar-refractivity contribution in [1.82, 2.24) is 19.5 Å². The van der Waals surface area contributed by atoms with Crippen LogP contribution in [0.2, 0.25) is 0 Å². The summed E-state index contributed by atoms with van der Waals surface area (Å²) in [5.41, 5.74) is 6.19. The largest absolute Gasteiger partial charge is 0.309 e. The molecular formula is C39H24N4S. The van der Waals surface area contributed by atoms with E-state index in [1.165, 1.54) is 30.9 Å². The van der Waals surface area contributed by atoms with E-state index < -0.39 is 0 Å². The van der Waals surface area contributed by atoms with Gasteiger partial charge in [0.15, 0.2) is 17.5 Å². The lowest BCUT2D eigenvalue weighted by Gasteiger charge is -2.14. The van der Waals surface area contributed by atoms with Crippen molar-refractivity contribution in [3.8, 4) is 39.9 Å². The Kier molecular flexibility index (Phi) is 5.64. The number of hydrogen-bond donors (Lipinski definition) is 0. The maximum Gasteiger partial charge on any atom is 0.166 e. The molecule has 0 saturated heterocycles. The van der Waals surface area contributed by atoms with Gasteiger partial charge in [0.05, 0.1) is 16.7 Å². The van der Waals surface area contributed by atoms with Gasteiger partial charge in [0, 0.05) is 47.6 Å². The molecule has 4 nitrogen and oxygen atoms in total. The summed E-state index contributed by atoms with van der Waals surface area (Å²) in [6.07, 6.45) is 0. The fourth-order valence-electron chi connectivity index (χ4n) is 6.25. The predicted octanol–water partition coefficient (Wildman–Crippen LogP) is 10.3. The van der Waals surface area contributed by atoms with Gasteiger partial charge in [-0.1, -0.05) is 97.1 Å². The van der Waals surface area contributed by atoms with Crippen LogP contribution >= 0.6 is 11.3 Å². The number of fused-ring (bicyclic) bond motifs is 6. The molecule has 0 radical (unpaired) electrons. The van der Waals surface area contributed by atoms with E-state index in [0.717, 1.165) is 33.4 Å². The Morgan fingerprint density at radius 3 is 1.75 bits per heavy atom. The molecular weight excluding hydrogens is 557 g/mol. The fraction of sp³-hybridized carbons (Fsp3) is 0. The third-order valence-electron chi connectivity index (χ3n) is 8.27. The van der Waals surface area contributed by atoms with E-state index >= 15 is 0 Å². The van der Waals surface area contributed by atoms with Gasteiger partial charge in [-0.3, -0.25) is 0 Å². The Balaban J connectivity index is 1.30. The van der Waals surface area contributed by atoms with Crippen molar-refractivity contribution in [2.75, 3.05) is 0 Å². The van der Waals surface area contributed by atoms with Crippen LogP contribution in [0.5, 0.6) is 0 Å². The molecule has 3 aromatic heterocycles. The number of thiophene rings is 1. The lowest BCUT2D eigenvalue weighted by atomic mass is 10.1. The second-order valence-electron chi connectivity index (χ2n) is 10.9. The maximum atomic E-state index is 5.17. The Hall–Kier alpha value is -5.65. The molecule has 0 fully saturated rings. The monoisotopic (exact) mass is 580 g/mol. The third-order valence-corrected chi connectivity index (χ3v) is 9.42. The van der Waals surface area contributed by atoms with Crippen molar-refractivity contribution in [2.45, 2.75) is 0 Å². The van der Waals surface area contributed by atoms with Gasteiger partial charge in [0.2, 0.25) is 0 Å². The van der Waals surface area contributed by atoms with E-state index in [4.69, 9.17) is 15.0 Å². The average molecular weight is 581 g/mol. The van der Waals surface area contributed by atoms with Gasteiger partial charge in [0.25, 0.3) is 0 Å². The molecule has 0 amide bonds. The van der Waals surface area contributed by atoms with Crippen molar-refractivity contribution in [3.05, 3.63) is 146 Å². The third kappa shape index (κ3) is 3.94. The quantitative estimate of drug-likeness (QED) is 0.208. The van der Waals surface area contributed by atoms with E-state index in [1.54, 1.807) is 0 Å². The molecule has 0 aliphatic carbocycles. The van der Waals surface area contributed by atoms with Gasteiger partial charge in [-0.2, -0.15) is 0 Å². The number of rotatable bonds is 4. The first-order chi connectivity index (χ1) is 21.8. The lowest BCUT2D eigenvalue weighted by molar-refractivity contribution is 1.06. The summed E-state index contributed by atoms with van der Waals surface area (Å²) < 4.78 is 4.86. The molecule has 0 saturated carbocycles. The van der Waals surface area contributed by atoms with Gasteiger partial charge in [-0.25, -0.2) is 15.0 Å². The summed E-state index contributed by atoms with van der Waals surface area (Å²) in [7, 11) is 0. The van der Waals surface area contributed by atoms with E-state index in [9.17, 15) is 0 Å². The molecule has 0 spiro atoms. The number of hydrogen-bond acceptors (Lipinski definition) is 4.